The number of aliphatic hydroxyl groups is 1. The van der Waals surface area contributed by atoms with Crippen molar-refractivity contribution in [2.75, 3.05) is 0 Å². The average molecular weight is 263 g/mol. The van der Waals surface area contributed by atoms with Crippen LogP contribution in [0.25, 0.3) is 0 Å². The molecule has 0 aliphatic rings. The van der Waals surface area contributed by atoms with Gasteiger partial charge < -0.3 is 14.7 Å². The zero-order valence-electron chi connectivity index (χ0n) is 7.00. The number of hydrogen-bond donors (Lipinski definition) is 1. The van der Waals surface area contributed by atoms with Gasteiger partial charge in [-0.25, -0.2) is 0 Å². The summed E-state index contributed by atoms with van der Waals surface area (Å²) in [7, 11) is 0. The minimum absolute atomic E-state index is 0. The van der Waals surface area contributed by atoms with E-state index in [1.54, 1.807) is 0 Å². The van der Waals surface area contributed by atoms with Crippen LogP contribution in [0.5, 0.6) is 0 Å². The van der Waals surface area contributed by atoms with Crippen LogP contribution >= 0.6 is 0 Å². The van der Waals surface area contributed by atoms with Crippen molar-refractivity contribution >= 4 is 19.4 Å². The van der Waals surface area contributed by atoms with Crippen molar-refractivity contribution in [2.24, 2.45) is 0 Å². The molecule has 0 amide bonds. The predicted octanol–water partition coefficient (Wildman–Crippen LogP) is 0.665. The second-order valence-electron chi connectivity index (χ2n) is 1.40. The van der Waals surface area contributed by atoms with E-state index in [1.165, 1.54) is 19.9 Å². The van der Waals surface area contributed by atoms with E-state index >= 15 is 0 Å². The topological polar surface area (TPSA) is 71.4 Å². The van der Waals surface area contributed by atoms with Crippen molar-refractivity contribution in [3.63, 3.8) is 0 Å². The summed E-state index contributed by atoms with van der Waals surface area (Å²) in [6, 6.07) is 0. The quantitative estimate of drug-likeness (QED) is 0.428. The first-order valence-corrected chi connectivity index (χ1v) is 2.58. The van der Waals surface area contributed by atoms with Gasteiger partial charge in [-0.2, -0.15) is 0 Å². The van der Waals surface area contributed by atoms with E-state index in [0.717, 1.165) is 0 Å². The molecule has 0 rings (SSSR count). The Hall–Kier alpha value is -0.827. The summed E-state index contributed by atoms with van der Waals surface area (Å²) in [5, 5.41) is 8.36. The van der Waals surface area contributed by atoms with Crippen molar-refractivity contribution in [1.82, 2.24) is 0 Å². The predicted molar refractivity (Wildman–Crippen MR) is 41.3 cm³/mol. The Balaban J connectivity index is -0.0000000560. The van der Waals surface area contributed by atoms with Crippen molar-refractivity contribution in [1.29, 1.82) is 0 Å². The summed E-state index contributed by atoms with van der Waals surface area (Å²) in [5.74, 6) is -0.0625. The van der Waals surface area contributed by atoms with Gasteiger partial charge in [-0.1, -0.05) is 0 Å². The summed E-state index contributed by atoms with van der Waals surface area (Å²) in [4.78, 5) is 26.0. The fraction of sp³-hybridized carbons (Fsp3) is 0.286. The number of hydrogen-bond acceptors (Lipinski definition) is 4. The molecular formula is C7H12O4Rh. The average Bonchev–Trinajstić information content (AvgIpc) is 1.93. The molecule has 73 valence electrons. The zero-order valence-corrected chi connectivity index (χ0v) is 8.64. The molecule has 12 heavy (non-hydrogen) atoms. The van der Waals surface area contributed by atoms with Gasteiger partial charge in [0.15, 0.2) is 5.78 Å². The molecule has 0 spiro atoms. The Kier molecular flexibility index (Phi) is 42.1. The summed E-state index contributed by atoms with van der Waals surface area (Å²) < 4.78 is 0. The SMILES string of the molecule is C=O.C=O.CC(=O)/C=C(/C)O.[Rh]. The molecule has 0 unspecified atom stereocenters. The largest absolute Gasteiger partial charge is 0.512 e. The number of carbonyl (C=O) groups excluding carboxylic acids is 3. The fourth-order valence-electron chi connectivity index (χ4n) is 0.294. The molecule has 1 N–H and O–H groups in total. The first kappa shape index (κ1) is 22.5. The molecule has 4 nitrogen and oxygen atoms in total. The van der Waals surface area contributed by atoms with Gasteiger partial charge in [-0.15, -0.1) is 0 Å². The number of ketones is 1. The molecule has 0 aromatic carbocycles. The third kappa shape index (κ3) is 60.9. The minimum atomic E-state index is -0.125. The standard InChI is InChI=1S/C5H8O2.2CH2O.Rh/c1-4(6)3-5(2)7;2*1-2;/h3,6H,1-2H3;2*1H2;/b4-3-;;;. The van der Waals surface area contributed by atoms with Crippen LogP contribution in [0, 0.1) is 0 Å². The molecule has 5 heteroatoms. The van der Waals surface area contributed by atoms with E-state index in [1.807, 2.05) is 13.6 Å². The van der Waals surface area contributed by atoms with Crippen molar-refractivity contribution in [3.05, 3.63) is 11.8 Å². The van der Waals surface area contributed by atoms with Gasteiger partial charge in [0.05, 0.1) is 5.76 Å². The summed E-state index contributed by atoms with van der Waals surface area (Å²) >= 11 is 0. The fourth-order valence-corrected chi connectivity index (χ4v) is 0.294. The molecule has 1 radical (unpaired) electrons. The maximum absolute atomic E-state index is 10.0. The molecule has 0 bridgehead atoms. The Morgan fingerprint density at radius 3 is 1.42 bits per heavy atom. The number of rotatable bonds is 1. The maximum Gasteiger partial charge on any atom is 0.155 e. The van der Waals surface area contributed by atoms with Gasteiger partial charge in [-0.3, -0.25) is 4.79 Å². The number of carbonyl (C=O) groups is 3. The van der Waals surface area contributed by atoms with Gasteiger partial charge >= 0.3 is 0 Å². The Bertz CT molecular complexity index is 127. The van der Waals surface area contributed by atoms with Crippen LogP contribution in [-0.4, -0.2) is 24.5 Å². The Labute approximate surface area is 84.4 Å². The molecule has 0 heterocycles. The molecule has 0 aromatic rings. The van der Waals surface area contributed by atoms with Crippen LogP contribution in [0.4, 0.5) is 0 Å². The van der Waals surface area contributed by atoms with Crippen LogP contribution in [0.15, 0.2) is 11.8 Å². The molecule has 0 saturated carbocycles. The second kappa shape index (κ2) is 22.5. The Morgan fingerprint density at radius 1 is 1.17 bits per heavy atom. The van der Waals surface area contributed by atoms with E-state index in [2.05, 4.69) is 0 Å². The van der Waals surface area contributed by atoms with Crippen molar-refractivity contribution in [2.45, 2.75) is 13.8 Å². The van der Waals surface area contributed by atoms with Crippen LogP contribution in [-0.2, 0) is 33.9 Å². The Morgan fingerprint density at radius 2 is 1.42 bits per heavy atom. The normalized spacial score (nSPS) is 7.33. The molecule has 0 aromatic heterocycles. The first-order chi connectivity index (χ1) is 5.13. The van der Waals surface area contributed by atoms with E-state index in [9.17, 15) is 4.79 Å². The third-order valence-corrected chi connectivity index (χ3v) is 0.412. The number of aliphatic hydroxyl groups excluding tert-OH is 1. The van der Waals surface area contributed by atoms with Crippen LogP contribution < -0.4 is 0 Å². The molecule has 0 aliphatic carbocycles. The van der Waals surface area contributed by atoms with Gasteiger partial charge in [0.25, 0.3) is 0 Å². The van der Waals surface area contributed by atoms with E-state index in [-0.39, 0.29) is 31.0 Å². The molecule has 0 fully saturated rings. The van der Waals surface area contributed by atoms with Crippen molar-refractivity contribution < 1.29 is 39.0 Å². The van der Waals surface area contributed by atoms with Crippen LogP contribution in [0.2, 0.25) is 0 Å². The van der Waals surface area contributed by atoms with Gasteiger partial charge in [0, 0.05) is 25.6 Å². The zero-order chi connectivity index (χ0) is 9.86. The van der Waals surface area contributed by atoms with E-state index in [0.29, 0.717) is 0 Å². The first-order valence-electron chi connectivity index (χ1n) is 2.58. The van der Waals surface area contributed by atoms with Gasteiger partial charge in [0.1, 0.15) is 13.6 Å². The maximum atomic E-state index is 10.0. The molecule has 0 saturated heterocycles. The van der Waals surface area contributed by atoms with Gasteiger partial charge in [-0.05, 0) is 13.8 Å². The smallest absolute Gasteiger partial charge is 0.155 e. The molecule has 0 aliphatic heterocycles. The van der Waals surface area contributed by atoms with Gasteiger partial charge in [0.2, 0.25) is 0 Å². The third-order valence-electron chi connectivity index (χ3n) is 0.412. The summed E-state index contributed by atoms with van der Waals surface area (Å²) in [5.41, 5.74) is 0. The molecular weight excluding hydrogens is 251 g/mol. The second-order valence-corrected chi connectivity index (χ2v) is 1.40. The van der Waals surface area contributed by atoms with Crippen molar-refractivity contribution in [3.8, 4) is 0 Å². The number of allylic oxidation sites excluding steroid dienone is 2. The molecule has 0 atom stereocenters. The van der Waals surface area contributed by atoms with E-state index < -0.39 is 0 Å². The minimum Gasteiger partial charge on any atom is -0.512 e. The summed E-state index contributed by atoms with van der Waals surface area (Å²) in [6.45, 7) is 6.85. The summed E-state index contributed by atoms with van der Waals surface area (Å²) in [6.07, 6.45) is 1.17. The monoisotopic (exact) mass is 263 g/mol. The van der Waals surface area contributed by atoms with Crippen LogP contribution in [0.3, 0.4) is 0 Å². The van der Waals surface area contributed by atoms with E-state index in [4.69, 9.17) is 14.7 Å². The van der Waals surface area contributed by atoms with Crippen LogP contribution in [0.1, 0.15) is 13.8 Å².